The largest absolute Gasteiger partial charge is 0.341 e. The molecule has 112 valence electrons. The van der Waals surface area contributed by atoms with Crippen LogP contribution < -0.4 is 0 Å². The summed E-state index contributed by atoms with van der Waals surface area (Å²) in [7, 11) is 0. The van der Waals surface area contributed by atoms with Crippen LogP contribution in [0.1, 0.15) is 35.8 Å². The third kappa shape index (κ3) is 2.22. The van der Waals surface area contributed by atoms with Crippen molar-refractivity contribution in [2.75, 3.05) is 6.54 Å². The fourth-order valence-corrected chi connectivity index (χ4v) is 4.47. The van der Waals surface area contributed by atoms with Crippen molar-refractivity contribution < 1.29 is 0 Å². The van der Waals surface area contributed by atoms with Gasteiger partial charge in [-0.15, -0.1) is 0 Å². The van der Waals surface area contributed by atoms with E-state index in [0.29, 0.717) is 5.25 Å². The highest BCUT2D eigenvalue weighted by Crippen LogP contribution is 2.47. The van der Waals surface area contributed by atoms with Crippen molar-refractivity contribution in [3.63, 3.8) is 0 Å². The Balaban J connectivity index is 1.81. The Hall–Kier alpha value is -1.81. The Bertz CT molecular complexity index is 713. The molecule has 1 fully saturated rings. The van der Waals surface area contributed by atoms with Gasteiger partial charge >= 0.3 is 0 Å². The number of rotatable bonds is 2. The van der Waals surface area contributed by atoms with Gasteiger partial charge in [0.25, 0.3) is 0 Å². The summed E-state index contributed by atoms with van der Waals surface area (Å²) in [6.45, 7) is 5.53. The molecule has 0 unspecified atom stereocenters. The van der Waals surface area contributed by atoms with Crippen LogP contribution in [0.2, 0.25) is 0 Å². The number of amidine groups is 1. The van der Waals surface area contributed by atoms with E-state index in [1.807, 2.05) is 24.0 Å². The van der Waals surface area contributed by atoms with Gasteiger partial charge in [-0.2, -0.15) is 0 Å². The number of aryl methyl sites for hydroxylation is 1. The molecule has 0 saturated carbocycles. The Morgan fingerprint density at radius 3 is 2.73 bits per heavy atom. The second-order valence-electron chi connectivity index (χ2n) is 5.99. The molecule has 2 aromatic rings. The minimum absolute atomic E-state index is 0.0947. The van der Waals surface area contributed by atoms with E-state index in [1.54, 1.807) is 0 Å². The molecule has 0 radical (unpaired) electrons. The second kappa shape index (κ2) is 5.43. The van der Waals surface area contributed by atoms with Crippen molar-refractivity contribution in [2.24, 2.45) is 4.99 Å². The topological polar surface area (TPSA) is 28.5 Å². The van der Waals surface area contributed by atoms with Crippen LogP contribution in [0.5, 0.6) is 0 Å². The first-order chi connectivity index (χ1) is 10.7. The van der Waals surface area contributed by atoms with Crippen molar-refractivity contribution >= 4 is 16.9 Å². The van der Waals surface area contributed by atoms with Crippen LogP contribution >= 0.6 is 11.8 Å². The normalized spacial score (nSPS) is 26.9. The zero-order valence-corrected chi connectivity index (χ0v) is 13.6. The predicted octanol–water partition coefficient (Wildman–Crippen LogP) is 3.98. The third-order valence-electron chi connectivity index (χ3n) is 4.39. The van der Waals surface area contributed by atoms with Crippen molar-refractivity contribution in [3.05, 3.63) is 65.5 Å². The van der Waals surface area contributed by atoms with Crippen molar-refractivity contribution in [1.29, 1.82) is 0 Å². The number of fused-ring (bicyclic) bond motifs is 1. The van der Waals surface area contributed by atoms with E-state index in [2.05, 4.69) is 60.1 Å². The molecule has 1 saturated heterocycles. The first-order valence-corrected chi connectivity index (χ1v) is 8.59. The summed E-state index contributed by atoms with van der Waals surface area (Å²) in [4.78, 5) is 12.1. The number of aliphatic imine (C=N–C) groups is 1. The van der Waals surface area contributed by atoms with E-state index in [0.717, 1.165) is 12.2 Å². The molecule has 0 bridgehead atoms. The number of pyridine rings is 1. The van der Waals surface area contributed by atoms with Gasteiger partial charge in [-0.3, -0.25) is 9.98 Å². The zero-order valence-electron chi connectivity index (χ0n) is 12.8. The van der Waals surface area contributed by atoms with Crippen molar-refractivity contribution in [2.45, 2.75) is 31.2 Å². The summed E-state index contributed by atoms with van der Waals surface area (Å²) >= 11 is 1.89. The van der Waals surface area contributed by atoms with Crippen LogP contribution in [0, 0.1) is 6.92 Å². The maximum atomic E-state index is 5.01. The number of hydrogen-bond acceptors (Lipinski definition) is 4. The highest BCUT2D eigenvalue weighted by molar-refractivity contribution is 8.14. The van der Waals surface area contributed by atoms with Crippen molar-refractivity contribution in [3.8, 4) is 0 Å². The van der Waals surface area contributed by atoms with E-state index in [9.17, 15) is 0 Å². The molecule has 22 heavy (non-hydrogen) atoms. The molecule has 4 heteroatoms. The van der Waals surface area contributed by atoms with Gasteiger partial charge in [-0.1, -0.05) is 49.0 Å². The molecule has 2 aliphatic rings. The lowest BCUT2D eigenvalue weighted by Gasteiger charge is -2.28. The fraction of sp³-hybridized carbons (Fsp3) is 0.333. The third-order valence-corrected chi connectivity index (χ3v) is 5.49. The van der Waals surface area contributed by atoms with E-state index in [4.69, 9.17) is 4.99 Å². The molecule has 3 atom stereocenters. The van der Waals surface area contributed by atoms with Gasteiger partial charge < -0.3 is 4.90 Å². The van der Waals surface area contributed by atoms with Gasteiger partial charge in [-0.25, -0.2) is 0 Å². The summed E-state index contributed by atoms with van der Waals surface area (Å²) in [5.74, 6) is 0. The van der Waals surface area contributed by atoms with Gasteiger partial charge in [0.15, 0.2) is 5.17 Å². The number of thioether (sulfide) groups is 1. The minimum Gasteiger partial charge on any atom is -0.341 e. The monoisotopic (exact) mass is 309 g/mol. The number of hydrogen-bond donors (Lipinski definition) is 0. The molecular formula is C18H19N3S. The maximum absolute atomic E-state index is 5.01. The molecule has 0 spiro atoms. The van der Waals surface area contributed by atoms with Crippen LogP contribution in [0.15, 0.2) is 53.7 Å². The molecule has 2 aliphatic heterocycles. The molecule has 1 aromatic heterocycles. The number of benzene rings is 1. The first-order valence-electron chi connectivity index (χ1n) is 7.71. The summed E-state index contributed by atoms with van der Waals surface area (Å²) in [5, 5.41) is 1.78. The fourth-order valence-electron chi connectivity index (χ4n) is 3.37. The maximum Gasteiger partial charge on any atom is 0.160 e. The van der Waals surface area contributed by atoms with E-state index < -0.39 is 0 Å². The lowest BCUT2D eigenvalue weighted by atomic mass is 9.93. The standard InChI is InChI=1S/C18H19N3S/c1-12-7-3-4-8-14(12)17-16(15-9-5-6-10-19-15)20-18-21(17)11-13(2)22-18/h3-10,13,16-17H,11H2,1-2H3/t13-,16+,17+/m0/s1. The van der Waals surface area contributed by atoms with Crippen LogP contribution in [0.4, 0.5) is 0 Å². The molecular weight excluding hydrogens is 290 g/mol. The molecule has 0 N–H and O–H groups in total. The second-order valence-corrected chi connectivity index (χ2v) is 7.40. The average molecular weight is 309 g/mol. The van der Waals surface area contributed by atoms with Crippen LogP contribution in [-0.2, 0) is 0 Å². The molecule has 4 rings (SSSR count). The summed E-state index contributed by atoms with van der Waals surface area (Å²) in [6.07, 6.45) is 1.86. The van der Waals surface area contributed by atoms with Gasteiger partial charge in [0.2, 0.25) is 0 Å². The molecule has 3 nitrogen and oxygen atoms in total. The number of aromatic nitrogens is 1. The van der Waals surface area contributed by atoms with Crippen LogP contribution in [0.25, 0.3) is 0 Å². The van der Waals surface area contributed by atoms with Gasteiger partial charge in [0, 0.05) is 18.0 Å². The number of nitrogens with zero attached hydrogens (tertiary/aromatic N) is 3. The predicted molar refractivity (Wildman–Crippen MR) is 92.1 cm³/mol. The Labute approximate surface area is 135 Å². The molecule has 1 aromatic carbocycles. The highest BCUT2D eigenvalue weighted by atomic mass is 32.2. The van der Waals surface area contributed by atoms with Crippen LogP contribution in [0.3, 0.4) is 0 Å². The molecule has 0 amide bonds. The summed E-state index contributed by atoms with van der Waals surface area (Å²) in [6, 6.07) is 15.1. The zero-order chi connectivity index (χ0) is 15.1. The molecule has 0 aliphatic carbocycles. The van der Waals surface area contributed by atoms with Gasteiger partial charge in [0.05, 0.1) is 11.7 Å². The Morgan fingerprint density at radius 1 is 1.14 bits per heavy atom. The molecule has 3 heterocycles. The lowest BCUT2D eigenvalue weighted by Crippen LogP contribution is -2.29. The smallest absolute Gasteiger partial charge is 0.160 e. The SMILES string of the molecule is Cc1ccccc1[C@@H]1[C@@H](c2ccccn2)N=C2S[C@@H](C)CN21. The highest BCUT2D eigenvalue weighted by Gasteiger charge is 2.43. The van der Waals surface area contributed by atoms with Gasteiger partial charge in [-0.05, 0) is 30.2 Å². The Kier molecular flexibility index (Phi) is 3.41. The van der Waals surface area contributed by atoms with E-state index in [-0.39, 0.29) is 12.1 Å². The minimum atomic E-state index is 0.0947. The van der Waals surface area contributed by atoms with E-state index >= 15 is 0 Å². The summed E-state index contributed by atoms with van der Waals surface area (Å²) < 4.78 is 0. The quantitative estimate of drug-likeness (QED) is 0.840. The average Bonchev–Trinajstić information content (AvgIpc) is 3.05. The van der Waals surface area contributed by atoms with Crippen LogP contribution in [-0.4, -0.2) is 26.8 Å². The summed E-state index contributed by atoms with van der Waals surface area (Å²) in [5.41, 5.74) is 3.76. The lowest BCUT2D eigenvalue weighted by molar-refractivity contribution is 0.320. The first kappa shape index (κ1) is 13.8. The van der Waals surface area contributed by atoms with Crippen molar-refractivity contribution in [1.82, 2.24) is 9.88 Å². The van der Waals surface area contributed by atoms with Gasteiger partial charge in [0.1, 0.15) is 6.04 Å². The van der Waals surface area contributed by atoms with E-state index in [1.165, 1.54) is 16.3 Å². The Morgan fingerprint density at radius 2 is 1.95 bits per heavy atom.